The number of hydrogen-bond acceptors (Lipinski definition) is 3. The maximum atomic E-state index is 8.79. The van der Waals surface area contributed by atoms with E-state index in [1.807, 2.05) is 57.2 Å². The molecule has 6 heteroatoms. The van der Waals surface area contributed by atoms with E-state index in [0.717, 1.165) is 49.5 Å². The minimum Gasteiger partial charge on any atom is -0.501 e. The minimum absolute atomic E-state index is 0. The zero-order valence-corrected chi connectivity index (χ0v) is 32.2. The Morgan fingerprint density at radius 1 is 0.958 bits per heavy atom. The number of aromatic nitrogens is 3. The van der Waals surface area contributed by atoms with Crippen molar-refractivity contribution in [2.24, 2.45) is 5.41 Å². The van der Waals surface area contributed by atoms with Gasteiger partial charge in [0, 0.05) is 44.6 Å². The summed E-state index contributed by atoms with van der Waals surface area (Å²) in [6, 6.07) is 33.6. The normalized spacial score (nSPS) is 14.1. The summed E-state index contributed by atoms with van der Waals surface area (Å²) in [6.45, 7) is 14.4. The van der Waals surface area contributed by atoms with Gasteiger partial charge in [0.05, 0.1) is 30.5 Å². The fourth-order valence-corrected chi connectivity index (χ4v) is 7.29. The Morgan fingerprint density at radius 2 is 1.71 bits per heavy atom. The Bertz CT molecular complexity index is 2380. The van der Waals surface area contributed by atoms with Crippen molar-refractivity contribution >= 4 is 46.2 Å². The van der Waals surface area contributed by atoms with E-state index in [1.54, 1.807) is 18.3 Å². The summed E-state index contributed by atoms with van der Waals surface area (Å²) in [5, 5.41) is 3.23. The van der Waals surface area contributed by atoms with Crippen molar-refractivity contribution in [3.05, 3.63) is 114 Å². The average Bonchev–Trinajstić information content (AvgIpc) is 3.66. The van der Waals surface area contributed by atoms with Crippen LogP contribution in [0, 0.1) is 24.4 Å². The Balaban J connectivity index is 0.000000201. The van der Waals surface area contributed by atoms with Crippen LogP contribution in [-0.2, 0) is 26.5 Å². The number of benzene rings is 4. The summed E-state index contributed by atoms with van der Waals surface area (Å²) in [5.74, 6) is 0.904. The van der Waals surface area contributed by atoms with Gasteiger partial charge < -0.3 is 14.0 Å². The van der Waals surface area contributed by atoms with E-state index in [9.17, 15) is 0 Å². The number of para-hydroxylation sites is 3. The smallest absolute Gasteiger partial charge is 0.120 e. The molecule has 1 radical (unpaired) electrons. The van der Waals surface area contributed by atoms with Crippen LogP contribution in [0.5, 0.6) is 0 Å². The summed E-state index contributed by atoms with van der Waals surface area (Å²) < 4.78 is 48.5. The Kier molecular flexibility index (Phi) is 8.46. The van der Waals surface area contributed by atoms with Gasteiger partial charge >= 0.3 is 0 Å². The third kappa shape index (κ3) is 7.42. The van der Waals surface area contributed by atoms with Crippen LogP contribution in [0.4, 0.5) is 0 Å². The van der Waals surface area contributed by atoms with Gasteiger partial charge in [0.2, 0.25) is 0 Å². The van der Waals surface area contributed by atoms with E-state index in [1.165, 1.54) is 6.07 Å². The molecular weight excluding hydrogens is 783 g/mol. The molecule has 0 unspecified atom stereocenters. The van der Waals surface area contributed by atoms with Crippen molar-refractivity contribution in [1.82, 2.24) is 14.5 Å². The first kappa shape index (κ1) is 29.1. The predicted molar refractivity (Wildman–Crippen MR) is 201 cm³/mol. The molecule has 0 saturated heterocycles. The molecule has 3 aromatic heterocycles. The number of rotatable bonds is 5. The summed E-state index contributed by atoms with van der Waals surface area (Å²) >= 11 is 0. The SMILES string of the molecule is CC(C)n1c(-c2[c-]ccc3c2oc2ccccc23)nc2ccccc21.[2H]C([2H])([2H])c1c[c-]c(-c2cc(C([2H])([2H])C(C)(C)C)c([Si](C)(C)C)cn2)cc1.[Ir]. The van der Waals surface area contributed by atoms with Crippen LogP contribution in [0.2, 0.25) is 19.6 Å². The average molecular weight is 833 g/mol. The predicted octanol–water partition coefficient (Wildman–Crippen LogP) is 11.0. The first-order valence-corrected chi connectivity index (χ1v) is 19.6. The molecule has 0 bridgehead atoms. The zero-order valence-electron chi connectivity index (χ0n) is 33.8. The maximum Gasteiger partial charge on any atom is 0.120 e. The molecule has 0 spiro atoms. The molecule has 0 saturated carbocycles. The second-order valence-electron chi connectivity index (χ2n) is 14.3. The fourth-order valence-electron chi connectivity index (χ4n) is 5.89. The molecule has 48 heavy (non-hydrogen) atoms. The first-order valence-electron chi connectivity index (χ1n) is 18.6. The molecule has 4 nitrogen and oxygen atoms in total. The van der Waals surface area contributed by atoms with Gasteiger partial charge in [0.15, 0.2) is 0 Å². The van der Waals surface area contributed by atoms with E-state index in [-0.39, 0.29) is 31.7 Å². The largest absolute Gasteiger partial charge is 0.501 e. The molecule has 0 aliphatic heterocycles. The number of furan rings is 1. The molecule has 249 valence electrons. The van der Waals surface area contributed by atoms with Gasteiger partial charge in [0.25, 0.3) is 0 Å². The van der Waals surface area contributed by atoms with Crippen molar-refractivity contribution in [2.45, 2.75) is 73.5 Å². The molecule has 0 aliphatic rings. The monoisotopic (exact) mass is 833 g/mol. The van der Waals surface area contributed by atoms with Crippen LogP contribution in [-0.4, -0.2) is 22.6 Å². The number of imidazole rings is 1. The first-order chi connectivity index (χ1) is 24.3. The van der Waals surface area contributed by atoms with Gasteiger partial charge in [-0.05, 0) is 54.7 Å². The van der Waals surface area contributed by atoms with Crippen LogP contribution < -0.4 is 5.19 Å². The minimum atomic E-state index is -2.17. The molecule has 0 atom stereocenters. The molecule has 0 fully saturated rings. The van der Waals surface area contributed by atoms with Crippen LogP contribution in [0.3, 0.4) is 0 Å². The third-order valence-electron chi connectivity index (χ3n) is 7.98. The number of nitrogens with zero attached hydrogens (tertiary/aromatic N) is 3. The van der Waals surface area contributed by atoms with Gasteiger partial charge in [-0.3, -0.25) is 4.98 Å². The summed E-state index contributed by atoms with van der Waals surface area (Å²) in [6.07, 6.45) is 0.269. The van der Waals surface area contributed by atoms with Gasteiger partial charge in [-0.25, -0.2) is 0 Å². The molecule has 0 N–H and O–H groups in total. The number of pyridine rings is 1. The van der Waals surface area contributed by atoms with Crippen LogP contribution in [0.1, 0.15) is 58.6 Å². The summed E-state index contributed by atoms with van der Waals surface area (Å²) in [7, 11) is -1.81. The molecule has 4 aromatic carbocycles. The van der Waals surface area contributed by atoms with Gasteiger partial charge in [0.1, 0.15) is 5.58 Å². The van der Waals surface area contributed by atoms with Crippen molar-refractivity contribution in [1.29, 1.82) is 0 Å². The summed E-state index contributed by atoms with van der Waals surface area (Å²) in [4.78, 5) is 9.46. The van der Waals surface area contributed by atoms with E-state index in [2.05, 4.69) is 85.5 Å². The van der Waals surface area contributed by atoms with E-state index < -0.39 is 26.7 Å². The number of hydrogen-bond donors (Lipinski definition) is 0. The molecule has 7 rings (SSSR count). The molecule has 3 heterocycles. The molecule has 7 aromatic rings. The molecule has 0 aliphatic carbocycles. The Morgan fingerprint density at radius 3 is 2.40 bits per heavy atom. The third-order valence-corrected chi connectivity index (χ3v) is 10.00. The summed E-state index contributed by atoms with van der Waals surface area (Å²) in [5.41, 5.74) is 6.39. The van der Waals surface area contributed by atoms with Crippen LogP contribution >= 0.6 is 0 Å². The molecule has 0 amide bonds. The van der Waals surface area contributed by atoms with Gasteiger partial charge in [-0.1, -0.05) is 100 Å². The van der Waals surface area contributed by atoms with Gasteiger partial charge in [-0.2, -0.15) is 0 Å². The Labute approximate surface area is 307 Å². The van der Waals surface area contributed by atoms with E-state index >= 15 is 0 Å². The van der Waals surface area contributed by atoms with Crippen molar-refractivity contribution in [3.8, 4) is 22.6 Å². The zero-order chi connectivity index (χ0) is 37.8. The number of aryl methyl sites for hydroxylation is 1. The van der Waals surface area contributed by atoms with Gasteiger partial charge in [-0.15, -0.1) is 53.6 Å². The van der Waals surface area contributed by atoms with Crippen LogP contribution in [0.25, 0.3) is 55.6 Å². The quantitative estimate of drug-likeness (QED) is 0.128. The van der Waals surface area contributed by atoms with Crippen LogP contribution in [0.15, 0.2) is 95.5 Å². The second kappa shape index (κ2) is 14.0. The standard InChI is InChI=1S/C22H17N2O.C20H28NSi.Ir/c1-14(2)24-19-12-5-4-11-18(19)23-22(24)17-10-7-9-16-15-8-3-6-13-20(15)25-21(16)17;1-15-8-10-16(11-9-15)18-12-17(13-20(2,3)4)19(14-21-18)22(5,6)7;/h3-9,11-14H,1-2H3;8-10,12,14H,13H2,1-7H3;/q2*-1;/i;1D3,13D2;. The van der Waals surface area contributed by atoms with E-state index in [4.69, 9.17) is 16.3 Å². The second-order valence-corrected chi connectivity index (χ2v) is 19.4. The van der Waals surface area contributed by atoms with Crippen molar-refractivity contribution in [2.75, 3.05) is 0 Å². The fraction of sp³-hybridized carbons (Fsp3) is 0.286. The maximum absolute atomic E-state index is 8.79. The van der Waals surface area contributed by atoms with E-state index in [0.29, 0.717) is 16.8 Å². The number of fused-ring (bicyclic) bond motifs is 4. The van der Waals surface area contributed by atoms with Crippen molar-refractivity contribution < 1.29 is 31.4 Å². The molecular formula is C42H45IrN3OSi-2. The Hall–Kier alpha value is -3.83. The van der Waals surface area contributed by atoms with Crippen molar-refractivity contribution in [3.63, 3.8) is 0 Å². The topological polar surface area (TPSA) is 43.9 Å².